The summed E-state index contributed by atoms with van der Waals surface area (Å²) in [5.74, 6) is -0.460. The molecular weight excluding hydrogens is 366 g/mol. The average molecular weight is 387 g/mol. The molecule has 0 saturated carbocycles. The summed E-state index contributed by atoms with van der Waals surface area (Å²) in [4.78, 5) is 36.4. The molecule has 1 N–H and O–H groups in total. The summed E-state index contributed by atoms with van der Waals surface area (Å²) >= 11 is 0. The molecule has 1 atom stereocenters. The molecule has 3 aromatic carbocycles. The van der Waals surface area contributed by atoms with Crippen LogP contribution >= 0.6 is 0 Å². The average Bonchev–Trinajstić information content (AvgIpc) is 2.75. The smallest absolute Gasteiger partial charge is 0.313 e. The highest BCUT2D eigenvalue weighted by Gasteiger charge is 2.20. The molecule has 0 aromatic heterocycles. The zero-order valence-corrected chi connectivity index (χ0v) is 16.0. The standard InChI is InChI=1S/C24H21NO4/c1-17(26)18-12-14-21(15-13-18)29-23(27)16-22(19-8-4-2-5-9-19)25-24(28)20-10-6-3-7-11-20/h2-15,22H,16H2,1H3,(H,25,28)/t22-/m1/s1. The Morgan fingerprint density at radius 2 is 1.38 bits per heavy atom. The fourth-order valence-electron chi connectivity index (χ4n) is 2.87. The lowest BCUT2D eigenvalue weighted by Crippen LogP contribution is -2.31. The summed E-state index contributed by atoms with van der Waals surface area (Å²) in [6, 6.07) is 23.9. The van der Waals surface area contributed by atoms with Crippen molar-refractivity contribution in [2.45, 2.75) is 19.4 Å². The molecule has 0 aliphatic heterocycles. The molecule has 5 heteroatoms. The first-order valence-corrected chi connectivity index (χ1v) is 9.25. The van der Waals surface area contributed by atoms with Gasteiger partial charge in [0, 0.05) is 11.1 Å². The lowest BCUT2D eigenvalue weighted by Gasteiger charge is -2.19. The highest BCUT2D eigenvalue weighted by atomic mass is 16.5. The van der Waals surface area contributed by atoms with Crippen LogP contribution in [-0.4, -0.2) is 17.7 Å². The number of carbonyl (C=O) groups excluding carboxylic acids is 3. The number of benzene rings is 3. The predicted octanol–water partition coefficient (Wildman–Crippen LogP) is 4.36. The maximum Gasteiger partial charge on any atom is 0.313 e. The second-order valence-electron chi connectivity index (χ2n) is 6.56. The van der Waals surface area contributed by atoms with Gasteiger partial charge in [0.1, 0.15) is 5.75 Å². The maximum atomic E-state index is 12.6. The topological polar surface area (TPSA) is 72.5 Å². The third kappa shape index (κ3) is 5.62. The van der Waals surface area contributed by atoms with Crippen molar-refractivity contribution in [1.29, 1.82) is 0 Å². The minimum Gasteiger partial charge on any atom is -0.426 e. The Bertz CT molecular complexity index is 982. The summed E-state index contributed by atoms with van der Waals surface area (Å²) in [5, 5.41) is 2.91. The molecule has 1 amide bonds. The number of ether oxygens (including phenoxy) is 1. The van der Waals surface area contributed by atoms with Gasteiger partial charge in [-0.05, 0) is 48.9 Å². The van der Waals surface area contributed by atoms with Crippen molar-refractivity contribution in [2.24, 2.45) is 0 Å². The number of ketones is 1. The van der Waals surface area contributed by atoms with E-state index in [0.717, 1.165) is 5.56 Å². The van der Waals surface area contributed by atoms with Crippen LogP contribution in [0, 0.1) is 0 Å². The SMILES string of the molecule is CC(=O)c1ccc(OC(=O)C[C@@H](NC(=O)c2ccccc2)c2ccccc2)cc1. The Balaban J connectivity index is 1.71. The number of rotatable bonds is 7. The summed E-state index contributed by atoms with van der Waals surface area (Å²) in [6.45, 7) is 1.47. The summed E-state index contributed by atoms with van der Waals surface area (Å²) in [7, 11) is 0. The fourth-order valence-corrected chi connectivity index (χ4v) is 2.87. The molecule has 5 nitrogen and oxygen atoms in total. The van der Waals surface area contributed by atoms with Crippen molar-refractivity contribution < 1.29 is 19.1 Å². The summed E-state index contributed by atoms with van der Waals surface area (Å²) in [5.41, 5.74) is 1.87. The number of nitrogens with one attached hydrogen (secondary N) is 1. The summed E-state index contributed by atoms with van der Waals surface area (Å²) in [6.07, 6.45) is -0.0307. The van der Waals surface area contributed by atoms with E-state index in [1.54, 1.807) is 48.5 Å². The lowest BCUT2D eigenvalue weighted by atomic mass is 10.0. The van der Waals surface area contributed by atoms with Gasteiger partial charge in [-0.1, -0.05) is 48.5 Å². The number of hydrogen-bond donors (Lipinski definition) is 1. The zero-order valence-electron chi connectivity index (χ0n) is 16.0. The van der Waals surface area contributed by atoms with Crippen LogP contribution in [0.4, 0.5) is 0 Å². The van der Waals surface area contributed by atoms with Crippen molar-refractivity contribution in [1.82, 2.24) is 5.32 Å². The Morgan fingerprint density at radius 1 is 0.793 bits per heavy atom. The van der Waals surface area contributed by atoms with E-state index in [9.17, 15) is 14.4 Å². The van der Waals surface area contributed by atoms with Crippen molar-refractivity contribution in [3.8, 4) is 5.75 Å². The highest BCUT2D eigenvalue weighted by molar-refractivity contribution is 5.95. The largest absolute Gasteiger partial charge is 0.426 e. The molecule has 0 bridgehead atoms. The Kier molecular flexibility index (Phi) is 6.53. The van der Waals surface area contributed by atoms with Gasteiger partial charge in [0.25, 0.3) is 5.91 Å². The first kappa shape index (κ1) is 20.0. The number of esters is 1. The first-order chi connectivity index (χ1) is 14.0. The molecule has 0 heterocycles. The first-order valence-electron chi connectivity index (χ1n) is 9.25. The molecule has 3 rings (SSSR count). The van der Waals surface area contributed by atoms with Crippen molar-refractivity contribution in [2.75, 3.05) is 0 Å². The van der Waals surface area contributed by atoms with E-state index in [2.05, 4.69) is 5.32 Å². The van der Waals surface area contributed by atoms with E-state index < -0.39 is 12.0 Å². The normalized spacial score (nSPS) is 11.3. The lowest BCUT2D eigenvalue weighted by molar-refractivity contribution is -0.134. The molecule has 3 aromatic rings. The van der Waals surface area contributed by atoms with Gasteiger partial charge in [-0.25, -0.2) is 0 Å². The van der Waals surface area contributed by atoms with Gasteiger partial charge in [-0.3, -0.25) is 14.4 Å². The van der Waals surface area contributed by atoms with Crippen LogP contribution in [0.1, 0.15) is 45.7 Å². The van der Waals surface area contributed by atoms with Crippen molar-refractivity contribution in [3.05, 3.63) is 102 Å². The fraction of sp³-hybridized carbons (Fsp3) is 0.125. The molecule has 0 fully saturated rings. The van der Waals surface area contributed by atoms with Gasteiger partial charge in [0.2, 0.25) is 0 Å². The Morgan fingerprint density at radius 3 is 1.97 bits per heavy atom. The van der Waals surface area contributed by atoms with E-state index >= 15 is 0 Å². The molecule has 0 saturated heterocycles. The monoisotopic (exact) mass is 387 g/mol. The van der Waals surface area contributed by atoms with Gasteiger partial charge in [-0.2, -0.15) is 0 Å². The van der Waals surface area contributed by atoms with E-state index in [1.165, 1.54) is 6.92 Å². The van der Waals surface area contributed by atoms with Crippen LogP contribution in [0.3, 0.4) is 0 Å². The van der Waals surface area contributed by atoms with E-state index in [-0.39, 0.29) is 18.1 Å². The van der Waals surface area contributed by atoms with Crippen LogP contribution in [0.2, 0.25) is 0 Å². The zero-order chi connectivity index (χ0) is 20.6. The van der Waals surface area contributed by atoms with Gasteiger partial charge < -0.3 is 10.1 Å². The third-order valence-corrected chi connectivity index (χ3v) is 4.41. The van der Waals surface area contributed by atoms with Gasteiger partial charge in [0.15, 0.2) is 5.78 Å². The Hall–Kier alpha value is -3.73. The van der Waals surface area contributed by atoms with E-state index in [1.807, 2.05) is 36.4 Å². The number of hydrogen-bond acceptors (Lipinski definition) is 4. The second-order valence-corrected chi connectivity index (χ2v) is 6.56. The quantitative estimate of drug-likeness (QED) is 0.371. The molecule has 0 spiro atoms. The van der Waals surface area contributed by atoms with Gasteiger partial charge in [0.05, 0.1) is 12.5 Å². The molecule has 0 unspecified atom stereocenters. The molecule has 0 radical (unpaired) electrons. The molecular formula is C24H21NO4. The predicted molar refractivity (Wildman–Crippen MR) is 110 cm³/mol. The number of Topliss-reactive ketones (excluding diaryl/α,β-unsaturated/α-hetero) is 1. The minimum absolute atomic E-state index is 0.0307. The summed E-state index contributed by atoms with van der Waals surface area (Å²) < 4.78 is 5.39. The number of amides is 1. The van der Waals surface area contributed by atoms with Crippen molar-refractivity contribution in [3.63, 3.8) is 0 Å². The maximum absolute atomic E-state index is 12.6. The molecule has 0 aliphatic rings. The van der Waals surface area contributed by atoms with E-state index in [0.29, 0.717) is 16.9 Å². The van der Waals surface area contributed by atoms with Crippen LogP contribution < -0.4 is 10.1 Å². The van der Waals surface area contributed by atoms with Crippen LogP contribution in [0.5, 0.6) is 5.75 Å². The van der Waals surface area contributed by atoms with Crippen molar-refractivity contribution >= 4 is 17.7 Å². The highest BCUT2D eigenvalue weighted by Crippen LogP contribution is 2.20. The molecule has 146 valence electrons. The molecule has 0 aliphatic carbocycles. The minimum atomic E-state index is -0.534. The van der Waals surface area contributed by atoms with Gasteiger partial charge >= 0.3 is 5.97 Å². The van der Waals surface area contributed by atoms with Crippen LogP contribution in [0.15, 0.2) is 84.9 Å². The van der Waals surface area contributed by atoms with Crippen LogP contribution in [0.25, 0.3) is 0 Å². The number of carbonyl (C=O) groups is 3. The second kappa shape index (κ2) is 9.46. The molecule has 29 heavy (non-hydrogen) atoms. The Labute approximate surface area is 169 Å². The van der Waals surface area contributed by atoms with E-state index in [4.69, 9.17) is 4.74 Å². The third-order valence-electron chi connectivity index (χ3n) is 4.41. The van der Waals surface area contributed by atoms with Gasteiger partial charge in [-0.15, -0.1) is 0 Å². The van der Waals surface area contributed by atoms with Crippen LogP contribution in [-0.2, 0) is 4.79 Å².